The van der Waals surface area contributed by atoms with Gasteiger partial charge in [0.1, 0.15) is 5.82 Å². The fraction of sp³-hybridized carbons (Fsp3) is 0.273. The van der Waals surface area contributed by atoms with Crippen LogP contribution < -0.4 is 0 Å². The van der Waals surface area contributed by atoms with Gasteiger partial charge in [0.05, 0.1) is 10.6 Å². The van der Waals surface area contributed by atoms with Crippen molar-refractivity contribution < 1.29 is 4.39 Å². The molecule has 14 heavy (non-hydrogen) atoms. The first-order valence-corrected chi connectivity index (χ1v) is 5.87. The summed E-state index contributed by atoms with van der Waals surface area (Å²) in [6.45, 7) is 2.07. The highest BCUT2D eigenvalue weighted by Crippen LogP contribution is 2.31. The third-order valence-electron chi connectivity index (χ3n) is 2.29. The molecule has 0 aliphatic rings. The van der Waals surface area contributed by atoms with E-state index in [2.05, 4.69) is 6.92 Å². The fourth-order valence-electron chi connectivity index (χ4n) is 1.57. The minimum Gasteiger partial charge on any atom is -0.205 e. The van der Waals surface area contributed by atoms with Crippen molar-refractivity contribution in [1.29, 1.82) is 0 Å². The van der Waals surface area contributed by atoms with Crippen molar-refractivity contribution in [2.24, 2.45) is 0 Å². The zero-order valence-corrected chi connectivity index (χ0v) is 9.38. The first-order chi connectivity index (χ1) is 6.76. The zero-order valence-electron chi connectivity index (χ0n) is 7.81. The van der Waals surface area contributed by atoms with Crippen LogP contribution in [0.1, 0.15) is 17.4 Å². The van der Waals surface area contributed by atoms with Crippen LogP contribution in [-0.2, 0) is 12.3 Å². The molecule has 0 atom stereocenters. The number of aryl methyl sites for hydroxylation is 1. The zero-order chi connectivity index (χ0) is 10.1. The number of benzene rings is 1. The highest BCUT2D eigenvalue weighted by molar-refractivity contribution is 7.19. The largest absolute Gasteiger partial charge is 0.205 e. The Balaban J connectivity index is 2.74. The highest BCUT2D eigenvalue weighted by atomic mass is 35.5. The summed E-state index contributed by atoms with van der Waals surface area (Å²) in [5, 5.41) is 1.02. The average Bonchev–Trinajstić information content (AvgIpc) is 2.63. The molecule has 1 heterocycles. The van der Waals surface area contributed by atoms with Gasteiger partial charge in [0.25, 0.3) is 0 Å². The molecule has 2 rings (SSSR count). The standard InChI is InChI=1S/C11H10ClFS/c1-2-7-3-4-10(13)11-9(7)5-8(6-12)14-11/h3-5H,2,6H2,1H3. The second kappa shape index (κ2) is 3.87. The quantitative estimate of drug-likeness (QED) is 0.671. The molecule has 0 bridgehead atoms. The number of hydrogen-bond acceptors (Lipinski definition) is 1. The van der Waals surface area contributed by atoms with Crippen molar-refractivity contribution in [2.45, 2.75) is 19.2 Å². The third kappa shape index (κ3) is 1.53. The second-order valence-electron chi connectivity index (χ2n) is 3.15. The van der Waals surface area contributed by atoms with Gasteiger partial charge < -0.3 is 0 Å². The summed E-state index contributed by atoms with van der Waals surface area (Å²) in [6, 6.07) is 5.38. The normalized spacial score (nSPS) is 11.1. The van der Waals surface area contributed by atoms with Crippen molar-refractivity contribution in [2.75, 3.05) is 0 Å². The van der Waals surface area contributed by atoms with Crippen molar-refractivity contribution in [3.8, 4) is 0 Å². The van der Waals surface area contributed by atoms with E-state index in [9.17, 15) is 4.39 Å². The van der Waals surface area contributed by atoms with Gasteiger partial charge in [-0.05, 0) is 29.5 Å². The number of thiophene rings is 1. The molecule has 0 saturated heterocycles. The Morgan fingerprint density at radius 2 is 2.21 bits per heavy atom. The van der Waals surface area contributed by atoms with Crippen LogP contribution in [0.15, 0.2) is 18.2 Å². The molecule has 0 saturated carbocycles. The minimum atomic E-state index is -0.140. The molecular formula is C11H10ClFS. The highest BCUT2D eigenvalue weighted by Gasteiger charge is 2.08. The van der Waals surface area contributed by atoms with Crippen LogP contribution in [0.25, 0.3) is 10.1 Å². The molecular weight excluding hydrogens is 219 g/mol. The molecule has 1 aromatic heterocycles. The third-order valence-corrected chi connectivity index (χ3v) is 3.88. The van der Waals surface area contributed by atoms with E-state index in [0.29, 0.717) is 5.88 Å². The molecule has 3 heteroatoms. The van der Waals surface area contributed by atoms with Crippen molar-refractivity contribution >= 4 is 33.0 Å². The van der Waals surface area contributed by atoms with Gasteiger partial charge in [-0.3, -0.25) is 0 Å². The van der Waals surface area contributed by atoms with Gasteiger partial charge in [-0.15, -0.1) is 22.9 Å². The number of hydrogen-bond donors (Lipinski definition) is 0. The van der Waals surface area contributed by atoms with E-state index in [1.165, 1.54) is 23.0 Å². The van der Waals surface area contributed by atoms with Crippen LogP contribution in [-0.4, -0.2) is 0 Å². The summed E-state index contributed by atoms with van der Waals surface area (Å²) in [7, 11) is 0. The Morgan fingerprint density at radius 1 is 1.43 bits per heavy atom. The van der Waals surface area contributed by atoms with E-state index in [1.54, 1.807) is 0 Å². The van der Waals surface area contributed by atoms with Gasteiger partial charge in [0.15, 0.2) is 0 Å². The van der Waals surface area contributed by atoms with E-state index < -0.39 is 0 Å². The molecule has 74 valence electrons. The average molecular weight is 229 g/mol. The van der Waals surface area contributed by atoms with Crippen LogP contribution in [0, 0.1) is 5.82 Å². The SMILES string of the molecule is CCc1ccc(F)c2sc(CCl)cc12. The van der Waals surface area contributed by atoms with Crippen LogP contribution in [0.5, 0.6) is 0 Å². The van der Waals surface area contributed by atoms with E-state index in [4.69, 9.17) is 11.6 Å². The van der Waals surface area contributed by atoms with Crippen molar-refractivity contribution in [3.05, 3.63) is 34.5 Å². The maximum absolute atomic E-state index is 13.4. The molecule has 0 nitrogen and oxygen atoms in total. The second-order valence-corrected chi connectivity index (χ2v) is 4.55. The van der Waals surface area contributed by atoms with E-state index in [1.807, 2.05) is 12.1 Å². The lowest BCUT2D eigenvalue weighted by Gasteiger charge is -1.98. The minimum absolute atomic E-state index is 0.140. The maximum Gasteiger partial charge on any atom is 0.141 e. The van der Waals surface area contributed by atoms with E-state index in [-0.39, 0.29) is 5.82 Å². The van der Waals surface area contributed by atoms with Crippen molar-refractivity contribution in [3.63, 3.8) is 0 Å². The Morgan fingerprint density at radius 3 is 2.86 bits per heavy atom. The Labute approximate surface area is 91.3 Å². The molecule has 0 fully saturated rings. The summed E-state index contributed by atoms with van der Waals surface area (Å²) in [6.07, 6.45) is 0.926. The number of rotatable bonds is 2. The van der Waals surface area contributed by atoms with Gasteiger partial charge in [0.2, 0.25) is 0 Å². The molecule has 0 aliphatic heterocycles. The lowest BCUT2D eigenvalue weighted by atomic mass is 10.1. The Kier molecular flexibility index (Phi) is 2.75. The van der Waals surface area contributed by atoms with Gasteiger partial charge >= 0.3 is 0 Å². The first-order valence-electron chi connectivity index (χ1n) is 4.52. The van der Waals surface area contributed by atoms with Gasteiger partial charge in [-0.25, -0.2) is 4.39 Å². The summed E-state index contributed by atoms with van der Waals surface area (Å²) >= 11 is 7.18. The molecule has 0 spiro atoms. The monoisotopic (exact) mass is 228 g/mol. The summed E-state index contributed by atoms with van der Waals surface area (Å²) < 4.78 is 14.2. The van der Waals surface area contributed by atoms with Crippen molar-refractivity contribution in [1.82, 2.24) is 0 Å². The number of fused-ring (bicyclic) bond motifs is 1. The predicted molar refractivity (Wildman–Crippen MR) is 60.7 cm³/mol. The molecule has 0 N–H and O–H groups in total. The summed E-state index contributed by atoms with van der Waals surface area (Å²) in [4.78, 5) is 1.03. The summed E-state index contributed by atoms with van der Waals surface area (Å²) in [5.74, 6) is 0.320. The lowest BCUT2D eigenvalue weighted by molar-refractivity contribution is 0.641. The molecule has 0 amide bonds. The Bertz CT molecular complexity index is 462. The summed E-state index contributed by atoms with van der Waals surface area (Å²) in [5.41, 5.74) is 1.19. The smallest absolute Gasteiger partial charge is 0.141 e. The van der Waals surface area contributed by atoms with Gasteiger partial charge in [-0.2, -0.15) is 0 Å². The van der Waals surface area contributed by atoms with Crippen LogP contribution >= 0.6 is 22.9 Å². The fourth-order valence-corrected chi connectivity index (χ4v) is 2.77. The van der Waals surface area contributed by atoms with Gasteiger partial charge in [0, 0.05) is 4.88 Å². The molecule has 2 aromatic rings. The van der Waals surface area contributed by atoms with Crippen LogP contribution in [0.3, 0.4) is 0 Å². The molecule has 0 aliphatic carbocycles. The van der Waals surface area contributed by atoms with Gasteiger partial charge in [-0.1, -0.05) is 13.0 Å². The van der Waals surface area contributed by atoms with E-state index >= 15 is 0 Å². The topological polar surface area (TPSA) is 0 Å². The first kappa shape index (κ1) is 9.94. The van der Waals surface area contributed by atoms with Crippen LogP contribution in [0.4, 0.5) is 4.39 Å². The molecule has 0 unspecified atom stereocenters. The van der Waals surface area contributed by atoms with Crippen LogP contribution in [0.2, 0.25) is 0 Å². The number of alkyl halides is 1. The number of halogens is 2. The Hall–Kier alpha value is -0.600. The lowest BCUT2D eigenvalue weighted by Crippen LogP contribution is -1.82. The molecule has 0 radical (unpaired) electrons. The van der Waals surface area contributed by atoms with E-state index in [0.717, 1.165) is 21.4 Å². The predicted octanol–water partition coefficient (Wildman–Crippen LogP) is 4.34. The maximum atomic E-state index is 13.4. The molecule has 1 aromatic carbocycles.